The number of alkyl halides is 3. The lowest BCUT2D eigenvalue weighted by Gasteiger charge is -2.34. The van der Waals surface area contributed by atoms with Crippen LogP contribution in [0, 0.1) is 5.41 Å². The van der Waals surface area contributed by atoms with E-state index in [9.17, 15) is 21.6 Å². The van der Waals surface area contributed by atoms with Crippen LogP contribution in [0.15, 0.2) is 29.2 Å². The number of benzene rings is 1. The Hall–Kier alpha value is -0.830. The summed E-state index contributed by atoms with van der Waals surface area (Å²) in [6, 6.07) is 4.84. The molecule has 0 amide bonds. The summed E-state index contributed by atoms with van der Waals surface area (Å²) < 4.78 is 64.0. The molecule has 0 saturated carbocycles. The zero-order valence-corrected chi connectivity index (χ0v) is 15.0. The summed E-state index contributed by atoms with van der Waals surface area (Å²) in [7, 11) is -3.71. The fourth-order valence-corrected chi connectivity index (χ4v) is 3.78. The Morgan fingerprint density at radius 3 is 2.21 bits per heavy atom. The first-order valence-corrected chi connectivity index (χ1v) is 8.94. The smallest absolute Gasteiger partial charge is 0.317 e. The van der Waals surface area contributed by atoms with Crippen LogP contribution in [0.3, 0.4) is 0 Å². The number of nitrogens with one attached hydrogen (secondary N) is 2. The Bertz CT molecular complexity index is 627. The van der Waals surface area contributed by atoms with Gasteiger partial charge in [0, 0.05) is 6.54 Å². The molecule has 1 aromatic rings. The molecule has 2 N–H and O–H groups in total. The summed E-state index contributed by atoms with van der Waals surface area (Å²) >= 11 is 0. The van der Waals surface area contributed by atoms with Crippen molar-refractivity contribution in [1.29, 1.82) is 0 Å². The molecule has 0 aliphatic carbocycles. The predicted octanol–water partition coefficient (Wildman–Crippen LogP) is 2.88. The van der Waals surface area contributed by atoms with Crippen LogP contribution in [0.2, 0.25) is 0 Å². The molecule has 138 valence electrons. The first-order valence-electron chi connectivity index (χ1n) is 7.46. The van der Waals surface area contributed by atoms with Crippen LogP contribution in [-0.4, -0.2) is 34.2 Å². The van der Waals surface area contributed by atoms with E-state index >= 15 is 0 Å². The second kappa shape index (κ2) is 8.03. The van der Waals surface area contributed by atoms with E-state index in [0.29, 0.717) is 6.54 Å². The average molecular weight is 387 g/mol. The maximum Gasteiger partial charge on any atom is 0.393 e. The summed E-state index contributed by atoms with van der Waals surface area (Å²) in [6.45, 7) is 4.05. The number of sulfonamides is 1. The van der Waals surface area contributed by atoms with Crippen LogP contribution in [-0.2, 0) is 16.4 Å². The minimum atomic E-state index is -4.30. The summed E-state index contributed by atoms with van der Waals surface area (Å²) in [5, 5.41) is 3.22. The van der Waals surface area contributed by atoms with Gasteiger partial charge in [0.15, 0.2) is 0 Å². The van der Waals surface area contributed by atoms with E-state index in [4.69, 9.17) is 0 Å². The lowest BCUT2D eigenvalue weighted by Crippen LogP contribution is -2.42. The van der Waals surface area contributed by atoms with Crippen LogP contribution in [0.1, 0.15) is 25.3 Å². The molecule has 0 spiro atoms. The second-order valence-corrected chi connectivity index (χ2v) is 8.09. The van der Waals surface area contributed by atoms with E-state index < -0.39 is 22.6 Å². The maximum atomic E-state index is 12.3. The number of piperidine rings is 1. The Kier molecular flexibility index (Phi) is 7.10. The fraction of sp³-hybridized carbons (Fsp3) is 0.600. The van der Waals surface area contributed by atoms with Gasteiger partial charge in [0.05, 0.1) is 11.3 Å². The molecule has 0 unspecified atom stereocenters. The molecule has 1 heterocycles. The highest BCUT2D eigenvalue weighted by molar-refractivity contribution is 7.89. The molecule has 0 radical (unpaired) electrons. The van der Waals surface area contributed by atoms with Crippen molar-refractivity contribution in [3.63, 3.8) is 0 Å². The highest BCUT2D eigenvalue weighted by Crippen LogP contribution is 2.27. The molecule has 0 aromatic heterocycles. The summed E-state index contributed by atoms with van der Waals surface area (Å²) in [5.74, 6) is 0. The predicted molar refractivity (Wildman–Crippen MR) is 88.8 cm³/mol. The van der Waals surface area contributed by atoms with Gasteiger partial charge in [0.25, 0.3) is 0 Å². The third kappa shape index (κ3) is 6.23. The summed E-state index contributed by atoms with van der Waals surface area (Å²) in [4.78, 5) is -0.0130. The van der Waals surface area contributed by atoms with Gasteiger partial charge in [-0.2, -0.15) is 13.2 Å². The first kappa shape index (κ1) is 21.2. The maximum absolute atomic E-state index is 12.3. The van der Waals surface area contributed by atoms with Crippen LogP contribution in [0.5, 0.6) is 0 Å². The minimum Gasteiger partial charge on any atom is -0.317 e. The topological polar surface area (TPSA) is 58.2 Å². The Morgan fingerprint density at radius 2 is 1.71 bits per heavy atom. The quantitative estimate of drug-likeness (QED) is 0.818. The molecule has 9 heteroatoms. The number of hydrogen-bond acceptors (Lipinski definition) is 3. The summed E-state index contributed by atoms with van der Waals surface area (Å²) in [5.41, 5.74) is -0.0593. The standard InChI is InChI=1S/C15H21F3N2O2S.ClH/c1-14(6-8-19-9-7-14)11-20-23(21,22)13-4-2-12(3-5-13)10-15(16,17)18;/h2-5,19-20H,6-11H2,1H3;1H. The van der Waals surface area contributed by atoms with Crippen LogP contribution >= 0.6 is 12.4 Å². The zero-order valence-electron chi connectivity index (χ0n) is 13.3. The molecular formula is C15H22ClF3N2O2S. The number of rotatable bonds is 5. The SMILES string of the molecule is CC1(CNS(=O)(=O)c2ccc(CC(F)(F)F)cc2)CCNCC1.Cl. The first-order chi connectivity index (χ1) is 10.6. The third-order valence-corrected chi connectivity index (χ3v) is 5.55. The van der Waals surface area contributed by atoms with E-state index in [1.165, 1.54) is 24.3 Å². The Morgan fingerprint density at radius 1 is 1.17 bits per heavy atom. The van der Waals surface area contributed by atoms with Crippen LogP contribution in [0.4, 0.5) is 13.2 Å². The molecule has 1 aliphatic heterocycles. The molecular weight excluding hydrogens is 365 g/mol. The Balaban J connectivity index is 0.00000288. The lowest BCUT2D eigenvalue weighted by molar-refractivity contribution is -0.127. The molecule has 1 aliphatic rings. The average Bonchev–Trinajstić information content (AvgIpc) is 2.45. The zero-order chi connectivity index (χ0) is 17.1. The van der Waals surface area contributed by atoms with Gasteiger partial charge in [-0.25, -0.2) is 13.1 Å². The second-order valence-electron chi connectivity index (χ2n) is 6.32. The highest BCUT2D eigenvalue weighted by atomic mass is 35.5. The van der Waals surface area contributed by atoms with Gasteiger partial charge in [-0.1, -0.05) is 19.1 Å². The monoisotopic (exact) mass is 386 g/mol. The van der Waals surface area contributed by atoms with Gasteiger partial charge in [-0.15, -0.1) is 12.4 Å². The van der Waals surface area contributed by atoms with Crippen molar-refractivity contribution in [1.82, 2.24) is 10.0 Å². The van der Waals surface area contributed by atoms with Gasteiger partial charge >= 0.3 is 6.18 Å². The lowest BCUT2D eigenvalue weighted by atomic mass is 9.81. The molecule has 1 fully saturated rings. The molecule has 2 rings (SSSR count). The van der Waals surface area contributed by atoms with Gasteiger partial charge in [0.2, 0.25) is 10.0 Å². The van der Waals surface area contributed by atoms with Crippen LogP contribution in [0.25, 0.3) is 0 Å². The molecule has 1 saturated heterocycles. The minimum absolute atomic E-state index is 0. The van der Waals surface area contributed by atoms with Crippen LogP contribution < -0.4 is 10.0 Å². The normalized spacial score (nSPS) is 18.0. The highest BCUT2D eigenvalue weighted by Gasteiger charge is 2.29. The van der Waals surface area contributed by atoms with Crippen molar-refractivity contribution in [2.45, 2.75) is 37.3 Å². The van der Waals surface area contributed by atoms with E-state index in [-0.39, 0.29) is 28.3 Å². The van der Waals surface area contributed by atoms with E-state index in [1.54, 1.807) is 0 Å². The van der Waals surface area contributed by atoms with Crippen molar-refractivity contribution in [3.05, 3.63) is 29.8 Å². The van der Waals surface area contributed by atoms with E-state index in [2.05, 4.69) is 10.0 Å². The largest absolute Gasteiger partial charge is 0.393 e. The molecule has 0 atom stereocenters. The number of hydrogen-bond donors (Lipinski definition) is 2. The van der Waals surface area contributed by atoms with Gasteiger partial charge < -0.3 is 5.32 Å². The Labute approximate surface area is 146 Å². The van der Waals surface area contributed by atoms with Crippen molar-refractivity contribution >= 4 is 22.4 Å². The molecule has 0 bridgehead atoms. The van der Waals surface area contributed by atoms with E-state index in [1.807, 2.05) is 6.92 Å². The van der Waals surface area contributed by atoms with Gasteiger partial charge in [-0.05, 0) is 49.0 Å². The van der Waals surface area contributed by atoms with Crippen molar-refractivity contribution in [2.24, 2.45) is 5.41 Å². The molecule has 4 nitrogen and oxygen atoms in total. The summed E-state index contributed by atoms with van der Waals surface area (Å²) in [6.07, 6.45) is -3.62. The molecule has 24 heavy (non-hydrogen) atoms. The fourth-order valence-electron chi connectivity index (χ4n) is 2.58. The van der Waals surface area contributed by atoms with Crippen molar-refractivity contribution < 1.29 is 21.6 Å². The molecule has 1 aromatic carbocycles. The van der Waals surface area contributed by atoms with Gasteiger partial charge in [0.1, 0.15) is 0 Å². The van der Waals surface area contributed by atoms with Crippen molar-refractivity contribution in [3.8, 4) is 0 Å². The number of halogens is 4. The van der Waals surface area contributed by atoms with E-state index in [0.717, 1.165) is 25.9 Å². The van der Waals surface area contributed by atoms with Gasteiger partial charge in [-0.3, -0.25) is 0 Å². The van der Waals surface area contributed by atoms with Crippen molar-refractivity contribution in [2.75, 3.05) is 19.6 Å². The third-order valence-electron chi connectivity index (χ3n) is 4.14.